The second-order valence-electron chi connectivity index (χ2n) is 7.77. The van der Waals surface area contributed by atoms with Crippen LogP contribution in [0.5, 0.6) is 5.75 Å². The Hall–Kier alpha value is -2.82. The minimum Gasteiger partial charge on any atom is -0.476 e. The number of hydrogen-bond donors (Lipinski definition) is 0. The Morgan fingerprint density at radius 3 is 2.50 bits per heavy atom. The zero-order chi connectivity index (χ0) is 20.5. The van der Waals surface area contributed by atoms with Crippen molar-refractivity contribution in [3.05, 3.63) is 53.6 Å². The van der Waals surface area contributed by atoms with Crippen LogP contribution in [0, 0.1) is 13.8 Å². The topological polar surface area (TPSA) is 49.9 Å². The summed E-state index contributed by atoms with van der Waals surface area (Å²) in [5, 5.41) is 0. The lowest BCUT2D eigenvalue weighted by Gasteiger charge is -2.39. The van der Waals surface area contributed by atoms with E-state index in [1.54, 1.807) is 23.6 Å². The van der Waals surface area contributed by atoms with Crippen LogP contribution in [0.2, 0.25) is 0 Å². The van der Waals surface area contributed by atoms with Crippen LogP contribution in [0.3, 0.4) is 0 Å². The zero-order valence-corrected chi connectivity index (χ0v) is 17.3. The summed E-state index contributed by atoms with van der Waals surface area (Å²) in [7, 11) is 0. The van der Waals surface area contributed by atoms with Crippen LogP contribution in [0.1, 0.15) is 38.3 Å². The van der Waals surface area contributed by atoms with Crippen molar-refractivity contribution in [1.82, 2.24) is 0 Å². The van der Waals surface area contributed by atoms with Gasteiger partial charge in [0.1, 0.15) is 5.75 Å². The third kappa shape index (κ3) is 3.88. The largest absolute Gasteiger partial charge is 0.476 e. The molecule has 0 saturated carbocycles. The van der Waals surface area contributed by atoms with Crippen molar-refractivity contribution in [2.45, 2.75) is 46.6 Å². The maximum absolute atomic E-state index is 13.0. The number of ether oxygens (including phenoxy) is 1. The number of benzene rings is 2. The molecule has 148 valence electrons. The van der Waals surface area contributed by atoms with Crippen LogP contribution < -0.4 is 14.5 Å². The standard InChI is InChI=1S/C23H28N2O3/c1-6-24(18-9-7-8-16(2)14-18)21(26)12-13-25-19-15-17(3)10-11-20(19)28-23(4,5)22(25)27/h7-11,14-15H,6,12-13H2,1-5H3. The van der Waals surface area contributed by atoms with Gasteiger partial charge in [-0.3, -0.25) is 9.59 Å². The molecule has 28 heavy (non-hydrogen) atoms. The molecule has 1 heterocycles. The van der Waals surface area contributed by atoms with E-state index in [1.165, 1.54) is 0 Å². The molecule has 5 nitrogen and oxygen atoms in total. The molecule has 0 atom stereocenters. The Morgan fingerprint density at radius 1 is 1.11 bits per heavy atom. The highest BCUT2D eigenvalue weighted by Gasteiger charge is 2.41. The second-order valence-corrected chi connectivity index (χ2v) is 7.77. The van der Waals surface area contributed by atoms with Gasteiger partial charge in [-0.2, -0.15) is 0 Å². The van der Waals surface area contributed by atoms with Crippen LogP contribution in [0.4, 0.5) is 11.4 Å². The fourth-order valence-corrected chi connectivity index (χ4v) is 3.54. The van der Waals surface area contributed by atoms with Crippen LogP contribution in [-0.2, 0) is 9.59 Å². The van der Waals surface area contributed by atoms with E-state index in [2.05, 4.69) is 0 Å². The lowest BCUT2D eigenvalue weighted by molar-refractivity contribution is -0.132. The van der Waals surface area contributed by atoms with Gasteiger partial charge in [-0.15, -0.1) is 0 Å². The molecule has 0 radical (unpaired) electrons. The van der Waals surface area contributed by atoms with Crippen LogP contribution >= 0.6 is 0 Å². The Kier molecular flexibility index (Phi) is 5.45. The van der Waals surface area contributed by atoms with E-state index in [-0.39, 0.29) is 18.2 Å². The van der Waals surface area contributed by atoms with Crippen molar-refractivity contribution in [3.63, 3.8) is 0 Å². The number of aryl methyl sites for hydroxylation is 2. The molecule has 3 rings (SSSR count). The average molecular weight is 380 g/mol. The van der Waals surface area contributed by atoms with E-state index in [4.69, 9.17) is 4.74 Å². The van der Waals surface area contributed by atoms with Crippen molar-refractivity contribution < 1.29 is 14.3 Å². The number of amides is 2. The molecule has 2 aromatic rings. The number of carbonyl (C=O) groups is 2. The number of rotatable bonds is 5. The summed E-state index contributed by atoms with van der Waals surface area (Å²) in [5.41, 5.74) is 2.82. The number of nitrogens with zero attached hydrogens (tertiary/aromatic N) is 2. The summed E-state index contributed by atoms with van der Waals surface area (Å²) in [4.78, 5) is 29.3. The van der Waals surface area contributed by atoms with Gasteiger partial charge in [-0.1, -0.05) is 18.2 Å². The molecule has 0 saturated heterocycles. The lowest BCUT2D eigenvalue weighted by atomic mass is 10.0. The molecule has 1 aliphatic rings. The average Bonchev–Trinajstić information content (AvgIpc) is 2.63. The van der Waals surface area contributed by atoms with E-state index in [1.807, 2.05) is 63.2 Å². The highest BCUT2D eigenvalue weighted by molar-refractivity contribution is 6.03. The first-order chi connectivity index (χ1) is 13.2. The predicted octanol–water partition coefficient (Wildman–Crippen LogP) is 4.25. The van der Waals surface area contributed by atoms with Crippen LogP contribution in [0.15, 0.2) is 42.5 Å². The van der Waals surface area contributed by atoms with Gasteiger partial charge >= 0.3 is 0 Å². The van der Waals surface area contributed by atoms with Crippen molar-refractivity contribution in [2.75, 3.05) is 22.9 Å². The number of hydrogen-bond acceptors (Lipinski definition) is 3. The summed E-state index contributed by atoms with van der Waals surface area (Å²) in [5.74, 6) is 0.546. The number of fused-ring (bicyclic) bond motifs is 1. The van der Waals surface area contributed by atoms with Gasteiger partial charge in [0.2, 0.25) is 5.91 Å². The molecule has 1 aliphatic heterocycles. The van der Waals surface area contributed by atoms with Gasteiger partial charge in [-0.05, 0) is 70.0 Å². The van der Waals surface area contributed by atoms with E-state index < -0.39 is 5.60 Å². The van der Waals surface area contributed by atoms with Gasteiger partial charge in [-0.25, -0.2) is 0 Å². The van der Waals surface area contributed by atoms with E-state index in [9.17, 15) is 9.59 Å². The Labute approximate surface area is 166 Å². The van der Waals surface area contributed by atoms with Crippen LogP contribution in [-0.4, -0.2) is 30.5 Å². The minimum absolute atomic E-state index is 0.000555. The Bertz CT molecular complexity index is 904. The molecule has 0 aliphatic carbocycles. The van der Waals surface area contributed by atoms with E-state index in [0.29, 0.717) is 18.8 Å². The van der Waals surface area contributed by atoms with Gasteiger partial charge in [0, 0.05) is 25.2 Å². The molecule has 2 aromatic carbocycles. The van der Waals surface area contributed by atoms with E-state index in [0.717, 1.165) is 22.5 Å². The second kappa shape index (κ2) is 7.66. The summed E-state index contributed by atoms with van der Waals surface area (Å²) < 4.78 is 5.89. The zero-order valence-electron chi connectivity index (χ0n) is 17.3. The van der Waals surface area contributed by atoms with Crippen molar-refractivity contribution >= 4 is 23.2 Å². The van der Waals surface area contributed by atoms with Crippen molar-refractivity contribution in [1.29, 1.82) is 0 Å². The third-order valence-electron chi connectivity index (χ3n) is 5.01. The highest BCUT2D eigenvalue weighted by Crippen LogP contribution is 2.38. The molecule has 5 heteroatoms. The van der Waals surface area contributed by atoms with Gasteiger partial charge in [0.15, 0.2) is 5.60 Å². The maximum atomic E-state index is 13.0. The molecular weight excluding hydrogens is 352 g/mol. The first kappa shape index (κ1) is 19.9. The summed E-state index contributed by atoms with van der Waals surface area (Å²) in [6.45, 7) is 10.4. The first-order valence-corrected chi connectivity index (χ1v) is 9.71. The molecule has 0 fully saturated rings. The summed E-state index contributed by atoms with van der Waals surface area (Å²) >= 11 is 0. The minimum atomic E-state index is -0.952. The fourth-order valence-electron chi connectivity index (χ4n) is 3.54. The Morgan fingerprint density at radius 2 is 1.82 bits per heavy atom. The first-order valence-electron chi connectivity index (χ1n) is 9.71. The third-order valence-corrected chi connectivity index (χ3v) is 5.01. The quantitative estimate of drug-likeness (QED) is 0.779. The van der Waals surface area contributed by atoms with Crippen molar-refractivity contribution in [3.8, 4) is 5.75 Å². The molecule has 0 aromatic heterocycles. The molecule has 0 N–H and O–H groups in total. The van der Waals surface area contributed by atoms with Crippen LogP contribution in [0.25, 0.3) is 0 Å². The maximum Gasteiger partial charge on any atom is 0.270 e. The molecule has 0 spiro atoms. The van der Waals surface area contributed by atoms with E-state index >= 15 is 0 Å². The lowest BCUT2D eigenvalue weighted by Crippen LogP contribution is -2.53. The monoisotopic (exact) mass is 380 g/mol. The summed E-state index contributed by atoms with van der Waals surface area (Å²) in [6.07, 6.45) is 0.247. The number of anilines is 2. The summed E-state index contributed by atoms with van der Waals surface area (Å²) in [6, 6.07) is 13.7. The normalized spacial score (nSPS) is 15.0. The Balaban J connectivity index is 1.82. The fraction of sp³-hybridized carbons (Fsp3) is 0.391. The highest BCUT2D eigenvalue weighted by atomic mass is 16.5. The smallest absolute Gasteiger partial charge is 0.270 e. The molecular formula is C23H28N2O3. The molecule has 0 unspecified atom stereocenters. The SMILES string of the molecule is CCN(C(=O)CCN1C(=O)C(C)(C)Oc2ccc(C)cc21)c1cccc(C)c1. The van der Waals surface area contributed by atoms with Gasteiger partial charge in [0.05, 0.1) is 5.69 Å². The predicted molar refractivity (Wildman–Crippen MR) is 112 cm³/mol. The number of carbonyl (C=O) groups excluding carboxylic acids is 2. The van der Waals surface area contributed by atoms with Gasteiger partial charge in [0.25, 0.3) is 5.91 Å². The molecule has 0 bridgehead atoms. The van der Waals surface area contributed by atoms with Gasteiger partial charge < -0.3 is 14.5 Å². The molecule has 2 amide bonds. The van der Waals surface area contributed by atoms with Crippen molar-refractivity contribution in [2.24, 2.45) is 0 Å².